The van der Waals surface area contributed by atoms with Crippen LogP contribution >= 0.6 is 0 Å². The fourth-order valence-electron chi connectivity index (χ4n) is 2.42. The highest BCUT2D eigenvalue weighted by atomic mass is 32.2. The Morgan fingerprint density at radius 3 is 2.64 bits per heavy atom. The zero-order chi connectivity index (χ0) is 18.1. The molecule has 2 heterocycles. The predicted molar refractivity (Wildman–Crippen MR) is 84.4 cm³/mol. The van der Waals surface area contributed by atoms with Gasteiger partial charge in [0.25, 0.3) is 0 Å². The topological polar surface area (TPSA) is 74.7 Å². The van der Waals surface area contributed by atoms with Crippen LogP contribution in [0.25, 0.3) is 0 Å². The third-order valence-electron chi connectivity index (χ3n) is 3.33. The summed E-state index contributed by atoms with van der Waals surface area (Å²) in [5, 5.41) is 0. The zero-order valence-corrected chi connectivity index (χ0v) is 14.1. The van der Waals surface area contributed by atoms with E-state index in [-0.39, 0.29) is 22.8 Å². The number of benzene rings is 1. The van der Waals surface area contributed by atoms with Crippen LogP contribution in [0.15, 0.2) is 36.4 Å². The molecule has 0 fully saturated rings. The van der Waals surface area contributed by atoms with Gasteiger partial charge in [0.1, 0.15) is 0 Å². The molecule has 0 amide bonds. The second kappa shape index (κ2) is 6.47. The average Bonchev–Trinajstić information content (AvgIpc) is 2.82. The molecule has 2 aromatic rings. The summed E-state index contributed by atoms with van der Waals surface area (Å²) in [7, 11) is -3.68. The van der Waals surface area contributed by atoms with Gasteiger partial charge in [0.05, 0.1) is 23.8 Å². The summed E-state index contributed by atoms with van der Waals surface area (Å²) in [4.78, 5) is 4.11. The molecule has 0 bridgehead atoms. The summed E-state index contributed by atoms with van der Waals surface area (Å²) in [6.07, 6.45) is -3.80. The van der Waals surface area contributed by atoms with E-state index in [1.807, 2.05) is 0 Å². The molecule has 1 aliphatic rings. The summed E-state index contributed by atoms with van der Waals surface area (Å²) < 4.78 is 65.2. The van der Waals surface area contributed by atoms with Crippen LogP contribution in [-0.4, -0.2) is 26.3 Å². The number of para-hydroxylation sites is 1. The Morgan fingerprint density at radius 1 is 1.12 bits per heavy atom. The highest BCUT2D eigenvalue weighted by Crippen LogP contribution is 2.43. The average molecular weight is 371 g/mol. The van der Waals surface area contributed by atoms with Gasteiger partial charge >= 0.3 is 6.29 Å². The molecule has 0 N–H and O–H groups in total. The van der Waals surface area contributed by atoms with Gasteiger partial charge in [-0.15, -0.1) is 8.78 Å². The molecule has 0 aliphatic carbocycles. The summed E-state index contributed by atoms with van der Waals surface area (Å²) >= 11 is 0. The van der Waals surface area contributed by atoms with Crippen LogP contribution < -0.4 is 14.2 Å². The Morgan fingerprint density at radius 2 is 1.88 bits per heavy atom. The number of fused-ring (bicyclic) bond motifs is 1. The summed E-state index contributed by atoms with van der Waals surface area (Å²) in [6.45, 7) is 2.20. The zero-order valence-electron chi connectivity index (χ0n) is 13.2. The predicted octanol–water partition coefficient (Wildman–Crippen LogP) is 2.92. The molecule has 9 heteroatoms. The van der Waals surface area contributed by atoms with Gasteiger partial charge in [-0.2, -0.15) is 0 Å². The van der Waals surface area contributed by atoms with Crippen LogP contribution in [0.2, 0.25) is 0 Å². The Kier molecular flexibility index (Phi) is 4.51. The Bertz CT molecular complexity index is 886. The lowest BCUT2D eigenvalue weighted by Gasteiger charge is -2.09. The van der Waals surface area contributed by atoms with Gasteiger partial charge in [-0.25, -0.2) is 13.4 Å². The van der Waals surface area contributed by atoms with Crippen molar-refractivity contribution >= 4 is 9.84 Å². The quantitative estimate of drug-likeness (QED) is 0.777. The minimum atomic E-state index is -3.80. The normalized spacial score (nSPS) is 15.2. The van der Waals surface area contributed by atoms with Gasteiger partial charge in [0.2, 0.25) is 5.88 Å². The molecular weight excluding hydrogens is 356 g/mol. The molecule has 1 aromatic heterocycles. The first kappa shape index (κ1) is 17.4. The highest BCUT2D eigenvalue weighted by Gasteiger charge is 2.44. The SMILES string of the molecule is CCOc1cccc(CS(=O)(=O)Cc2cccc3c2OC(F)(F)O3)n1. The van der Waals surface area contributed by atoms with Crippen LogP contribution in [0, 0.1) is 0 Å². The smallest absolute Gasteiger partial charge is 0.478 e. The van der Waals surface area contributed by atoms with Crippen molar-refractivity contribution in [3.8, 4) is 17.4 Å². The number of hydrogen-bond acceptors (Lipinski definition) is 6. The maximum absolute atomic E-state index is 13.2. The molecule has 0 unspecified atom stereocenters. The number of alkyl halides is 2. The second-order valence-electron chi connectivity index (χ2n) is 5.34. The molecular formula is C16H15F2NO5S. The molecule has 3 rings (SSSR count). The highest BCUT2D eigenvalue weighted by molar-refractivity contribution is 7.89. The fourth-order valence-corrected chi connectivity index (χ4v) is 3.83. The van der Waals surface area contributed by atoms with Crippen molar-refractivity contribution in [2.24, 2.45) is 0 Å². The molecule has 0 saturated carbocycles. The lowest BCUT2D eigenvalue weighted by molar-refractivity contribution is -0.286. The van der Waals surface area contributed by atoms with Crippen LogP contribution in [0.4, 0.5) is 8.78 Å². The number of sulfone groups is 1. The molecule has 0 saturated heterocycles. The Hall–Kier alpha value is -2.42. The molecule has 0 spiro atoms. The first-order valence-corrected chi connectivity index (χ1v) is 9.27. The van der Waals surface area contributed by atoms with E-state index in [9.17, 15) is 17.2 Å². The number of rotatable bonds is 6. The number of aromatic nitrogens is 1. The van der Waals surface area contributed by atoms with Crippen molar-refractivity contribution in [1.82, 2.24) is 4.98 Å². The molecule has 0 atom stereocenters. The first-order chi connectivity index (χ1) is 11.8. The standard InChI is InChI=1S/C16H15F2NO5S/c1-2-22-14-8-4-6-12(19-14)10-25(20,21)9-11-5-3-7-13-15(11)24-16(17,18)23-13/h3-8H,2,9-10H2,1H3. The van der Waals surface area contributed by atoms with Crippen LogP contribution in [0.5, 0.6) is 17.4 Å². The monoisotopic (exact) mass is 371 g/mol. The van der Waals surface area contributed by atoms with Crippen molar-refractivity contribution < 1.29 is 31.4 Å². The van der Waals surface area contributed by atoms with E-state index in [0.717, 1.165) is 0 Å². The summed E-state index contributed by atoms with van der Waals surface area (Å²) in [6, 6.07) is 8.95. The minimum Gasteiger partial charge on any atom is -0.478 e. The number of pyridine rings is 1. The Labute approximate surface area is 143 Å². The lowest BCUT2D eigenvalue weighted by Crippen LogP contribution is -2.26. The van der Waals surface area contributed by atoms with Crippen molar-refractivity contribution in [1.29, 1.82) is 0 Å². The van der Waals surface area contributed by atoms with E-state index in [1.54, 1.807) is 25.1 Å². The minimum absolute atomic E-state index is 0.107. The van der Waals surface area contributed by atoms with E-state index >= 15 is 0 Å². The fraction of sp³-hybridized carbons (Fsp3) is 0.312. The van der Waals surface area contributed by atoms with Crippen molar-refractivity contribution in [2.75, 3.05) is 6.61 Å². The van der Waals surface area contributed by atoms with E-state index < -0.39 is 21.9 Å². The number of ether oxygens (including phenoxy) is 3. The maximum Gasteiger partial charge on any atom is 0.586 e. The van der Waals surface area contributed by atoms with Crippen LogP contribution in [0.1, 0.15) is 18.2 Å². The molecule has 25 heavy (non-hydrogen) atoms. The summed E-state index contributed by atoms with van der Waals surface area (Å²) in [5.41, 5.74) is 0.414. The third-order valence-corrected chi connectivity index (χ3v) is 4.81. The Balaban J connectivity index is 1.80. The lowest BCUT2D eigenvalue weighted by atomic mass is 10.2. The van der Waals surface area contributed by atoms with Gasteiger partial charge in [0.15, 0.2) is 21.3 Å². The van der Waals surface area contributed by atoms with Crippen molar-refractivity contribution in [3.63, 3.8) is 0 Å². The largest absolute Gasteiger partial charge is 0.586 e. The molecule has 1 aromatic carbocycles. The second-order valence-corrected chi connectivity index (χ2v) is 7.41. The summed E-state index contributed by atoms with van der Waals surface area (Å²) in [5.74, 6) is -0.946. The molecule has 0 radical (unpaired) electrons. The molecule has 6 nitrogen and oxygen atoms in total. The van der Waals surface area contributed by atoms with E-state index in [0.29, 0.717) is 18.2 Å². The van der Waals surface area contributed by atoms with Gasteiger partial charge in [-0.05, 0) is 19.1 Å². The van der Waals surface area contributed by atoms with Gasteiger partial charge in [-0.1, -0.05) is 18.2 Å². The van der Waals surface area contributed by atoms with Crippen LogP contribution in [0.3, 0.4) is 0 Å². The van der Waals surface area contributed by atoms with Crippen molar-refractivity contribution in [3.05, 3.63) is 47.7 Å². The molecule has 1 aliphatic heterocycles. The van der Waals surface area contributed by atoms with Crippen LogP contribution in [-0.2, 0) is 21.3 Å². The van der Waals surface area contributed by atoms with Crippen molar-refractivity contribution in [2.45, 2.75) is 24.7 Å². The third kappa shape index (κ3) is 4.16. The molecule has 134 valence electrons. The van der Waals surface area contributed by atoms with E-state index in [2.05, 4.69) is 14.5 Å². The first-order valence-electron chi connectivity index (χ1n) is 7.45. The van der Waals surface area contributed by atoms with Gasteiger partial charge in [0, 0.05) is 11.6 Å². The van der Waals surface area contributed by atoms with Gasteiger partial charge in [-0.3, -0.25) is 0 Å². The number of nitrogens with zero attached hydrogens (tertiary/aromatic N) is 1. The number of halogens is 2. The number of hydrogen-bond donors (Lipinski definition) is 0. The maximum atomic E-state index is 13.2. The van der Waals surface area contributed by atoms with Gasteiger partial charge < -0.3 is 14.2 Å². The van der Waals surface area contributed by atoms with E-state index in [4.69, 9.17) is 4.74 Å². The van der Waals surface area contributed by atoms with E-state index in [1.165, 1.54) is 18.2 Å².